The number of hydrogen-bond donors (Lipinski definition) is 2. The molecule has 0 aromatic carbocycles. The van der Waals surface area contributed by atoms with Crippen LogP contribution in [0, 0.1) is 11.3 Å². The predicted molar refractivity (Wildman–Crippen MR) is 69.7 cm³/mol. The second-order valence-corrected chi connectivity index (χ2v) is 6.89. The summed E-state index contributed by atoms with van der Waals surface area (Å²) in [4.78, 5) is 12.7. The first kappa shape index (κ1) is 13.0. The number of nitrogens with one attached hydrogen (secondary N) is 2. The summed E-state index contributed by atoms with van der Waals surface area (Å²) < 4.78 is 0. The van der Waals surface area contributed by atoms with Crippen molar-refractivity contribution < 1.29 is 4.79 Å². The Morgan fingerprint density at radius 1 is 1.24 bits per heavy atom. The minimum Gasteiger partial charge on any atom is -0.297 e. The van der Waals surface area contributed by atoms with Gasteiger partial charge < -0.3 is 0 Å². The highest BCUT2D eigenvalue weighted by atomic mass is 16.1. The van der Waals surface area contributed by atoms with Crippen LogP contribution in [0.15, 0.2) is 0 Å². The molecule has 2 unspecified atom stereocenters. The van der Waals surface area contributed by atoms with Gasteiger partial charge in [0, 0.05) is 11.5 Å². The van der Waals surface area contributed by atoms with E-state index in [9.17, 15) is 4.79 Å². The van der Waals surface area contributed by atoms with Crippen LogP contribution in [-0.2, 0) is 4.79 Å². The van der Waals surface area contributed by atoms with Gasteiger partial charge in [-0.15, -0.1) is 0 Å². The van der Waals surface area contributed by atoms with Crippen LogP contribution in [0.5, 0.6) is 0 Å². The monoisotopic (exact) mass is 238 g/mol. The molecule has 2 aliphatic rings. The van der Waals surface area contributed by atoms with Crippen LogP contribution in [0.2, 0.25) is 0 Å². The van der Waals surface area contributed by atoms with Gasteiger partial charge in [0.1, 0.15) is 0 Å². The summed E-state index contributed by atoms with van der Waals surface area (Å²) in [7, 11) is 0. The molecule has 2 N–H and O–H groups in total. The largest absolute Gasteiger partial charge is 0.297 e. The highest BCUT2D eigenvalue weighted by Crippen LogP contribution is 2.43. The molecule has 0 radical (unpaired) electrons. The van der Waals surface area contributed by atoms with E-state index < -0.39 is 0 Å². The van der Waals surface area contributed by atoms with Crippen LogP contribution in [0.4, 0.5) is 0 Å². The number of carbonyl (C=O) groups excluding carboxylic acids is 1. The molecule has 0 aromatic rings. The molecular formula is C14H26N2O. The van der Waals surface area contributed by atoms with Crippen LogP contribution >= 0.6 is 0 Å². The zero-order valence-electron chi connectivity index (χ0n) is 11.8. The molecule has 0 spiro atoms. The first-order chi connectivity index (χ1) is 7.74. The van der Waals surface area contributed by atoms with Crippen LogP contribution in [0.1, 0.15) is 53.9 Å². The van der Waals surface area contributed by atoms with Gasteiger partial charge in [-0.25, -0.2) is 0 Å². The number of ketones is 1. The van der Waals surface area contributed by atoms with E-state index in [0.717, 1.165) is 0 Å². The first-order valence-corrected chi connectivity index (χ1v) is 6.84. The second-order valence-electron chi connectivity index (χ2n) is 6.89. The Kier molecular flexibility index (Phi) is 3.11. The van der Waals surface area contributed by atoms with E-state index in [1.54, 1.807) is 0 Å². The lowest BCUT2D eigenvalue weighted by Crippen LogP contribution is -2.51. The average Bonchev–Trinajstić information content (AvgIpc) is 2.34. The van der Waals surface area contributed by atoms with Crippen molar-refractivity contribution in [1.29, 1.82) is 0 Å². The van der Waals surface area contributed by atoms with E-state index in [1.165, 1.54) is 19.3 Å². The molecule has 0 amide bonds. The van der Waals surface area contributed by atoms with Gasteiger partial charge >= 0.3 is 0 Å². The topological polar surface area (TPSA) is 41.1 Å². The molecule has 98 valence electrons. The SMILES string of the molecule is CC1NC(C)(C)NC1C(=O)C(C)(C)C1CCC1. The standard InChI is InChI=1S/C14H26N2O/c1-9-11(16-14(4,5)15-9)12(17)13(2,3)10-7-6-8-10/h9-11,15-16H,6-8H2,1-5H3. The Morgan fingerprint density at radius 2 is 1.82 bits per heavy atom. The van der Waals surface area contributed by atoms with Crippen LogP contribution in [-0.4, -0.2) is 23.5 Å². The molecule has 2 atom stereocenters. The lowest BCUT2D eigenvalue weighted by atomic mass is 9.64. The van der Waals surface area contributed by atoms with Crippen molar-refractivity contribution in [3.05, 3.63) is 0 Å². The molecule has 1 saturated carbocycles. The first-order valence-electron chi connectivity index (χ1n) is 6.84. The van der Waals surface area contributed by atoms with Gasteiger partial charge in [0.15, 0.2) is 5.78 Å². The Labute approximate surface area is 105 Å². The molecule has 1 aliphatic heterocycles. The van der Waals surface area contributed by atoms with E-state index >= 15 is 0 Å². The van der Waals surface area contributed by atoms with Gasteiger partial charge in [-0.2, -0.15) is 0 Å². The summed E-state index contributed by atoms with van der Waals surface area (Å²) in [6, 6.07) is 0.178. The lowest BCUT2D eigenvalue weighted by molar-refractivity contribution is -0.134. The molecule has 17 heavy (non-hydrogen) atoms. The van der Waals surface area contributed by atoms with Crippen molar-refractivity contribution in [2.45, 2.75) is 71.6 Å². The maximum absolute atomic E-state index is 12.7. The maximum atomic E-state index is 12.7. The molecule has 0 aromatic heterocycles. The minimum atomic E-state index is -0.174. The van der Waals surface area contributed by atoms with E-state index in [2.05, 4.69) is 45.3 Å². The molecular weight excluding hydrogens is 212 g/mol. The smallest absolute Gasteiger partial charge is 0.157 e. The van der Waals surface area contributed by atoms with Gasteiger partial charge in [0.25, 0.3) is 0 Å². The third-order valence-electron chi connectivity index (χ3n) is 4.65. The van der Waals surface area contributed by atoms with Gasteiger partial charge in [0.05, 0.1) is 11.7 Å². The van der Waals surface area contributed by atoms with Crippen LogP contribution in [0.25, 0.3) is 0 Å². The van der Waals surface area contributed by atoms with Crippen molar-refractivity contribution in [1.82, 2.24) is 10.6 Å². The number of Topliss-reactive ketones (excluding diaryl/α,β-unsaturated/α-hetero) is 1. The summed E-state index contributed by atoms with van der Waals surface area (Å²) in [5.41, 5.74) is -0.304. The Morgan fingerprint density at radius 3 is 2.18 bits per heavy atom. The van der Waals surface area contributed by atoms with E-state index in [-0.39, 0.29) is 23.2 Å². The summed E-state index contributed by atoms with van der Waals surface area (Å²) in [5.74, 6) is 0.973. The minimum absolute atomic E-state index is 0.0411. The fraction of sp³-hybridized carbons (Fsp3) is 0.929. The van der Waals surface area contributed by atoms with E-state index in [0.29, 0.717) is 11.7 Å². The van der Waals surface area contributed by atoms with Gasteiger partial charge in [-0.05, 0) is 39.5 Å². The molecule has 0 bridgehead atoms. The molecule has 2 rings (SSSR count). The maximum Gasteiger partial charge on any atom is 0.157 e. The zero-order valence-corrected chi connectivity index (χ0v) is 11.8. The van der Waals surface area contributed by atoms with E-state index in [4.69, 9.17) is 0 Å². The third-order valence-corrected chi connectivity index (χ3v) is 4.65. The van der Waals surface area contributed by atoms with Crippen molar-refractivity contribution in [2.75, 3.05) is 0 Å². The predicted octanol–water partition coefficient (Wildman–Crippen LogP) is 2.07. The van der Waals surface area contributed by atoms with Gasteiger partial charge in [0.2, 0.25) is 0 Å². The molecule has 2 fully saturated rings. The summed E-state index contributed by atoms with van der Waals surface area (Å²) in [5, 5.41) is 6.87. The summed E-state index contributed by atoms with van der Waals surface area (Å²) in [6.45, 7) is 10.5. The van der Waals surface area contributed by atoms with Gasteiger partial charge in [-0.3, -0.25) is 15.4 Å². The number of rotatable bonds is 3. The quantitative estimate of drug-likeness (QED) is 0.791. The summed E-state index contributed by atoms with van der Waals surface area (Å²) in [6.07, 6.45) is 3.73. The number of hydrogen-bond acceptors (Lipinski definition) is 3. The lowest BCUT2D eigenvalue weighted by Gasteiger charge is -2.41. The van der Waals surface area contributed by atoms with Crippen molar-refractivity contribution >= 4 is 5.78 Å². The van der Waals surface area contributed by atoms with Crippen LogP contribution < -0.4 is 10.6 Å². The van der Waals surface area contributed by atoms with Crippen molar-refractivity contribution in [3.8, 4) is 0 Å². The fourth-order valence-electron chi connectivity index (χ4n) is 3.23. The van der Waals surface area contributed by atoms with Crippen molar-refractivity contribution in [3.63, 3.8) is 0 Å². The zero-order chi connectivity index (χ0) is 12.8. The van der Waals surface area contributed by atoms with E-state index in [1.807, 2.05) is 0 Å². The normalized spacial score (nSPS) is 33.5. The molecule has 3 heteroatoms. The molecule has 1 saturated heterocycles. The second kappa shape index (κ2) is 4.06. The average molecular weight is 238 g/mol. The Bertz CT molecular complexity index is 318. The molecule has 3 nitrogen and oxygen atoms in total. The Balaban J connectivity index is 2.09. The van der Waals surface area contributed by atoms with Gasteiger partial charge in [-0.1, -0.05) is 20.3 Å². The molecule has 1 heterocycles. The highest BCUT2D eigenvalue weighted by Gasteiger charge is 2.47. The third kappa shape index (κ3) is 2.27. The highest BCUT2D eigenvalue weighted by molar-refractivity contribution is 5.90. The Hall–Kier alpha value is -0.410. The molecule has 1 aliphatic carbocycles. The number of carbonyl (C=O) groups is 1. The van der Waals surface area contributed by atoms with Crippen LogP contribution in [0.3, 0.4) is 0 Å². The fourth-order valence-corrected chi connectivity index (χ4v) is 3.23. The van der Waals surface area contributed by atoms with Crippen molar-refractivity contribution in [2.24, 2.45) is 11.3 Å². The summed E-state index contributed by atoms with van der Waals surface area (Å²) >= 11 is 0.